The second kappa shape index (κ2) is 5.48. The molecular formula is C15H24N4OS. The van der Waals surface area contributed by atoms with Crippen LogP contribution < -0.4 is 10.6 Å². The number of likely N-dealkylation sites (tertiary alicyclic amines) is 1. The third kappa shape index (κ3) is 3.00. The van der Waals surface area contributed by atoms with Crippen molar-refractivity contribution < 1.29 is 4.79 Å². The van der Waals surface area contributed by atoms with Gasteiger partial charge < -0.3 is 15.5 Å². The third-order valence-electron chi connectivity index (χ3n) is 4.43. The standard InChI is InChI=1S/C15H24N4OS/c1-15(2)6-9-19(10-15)13(20)11-12(16)17-14(21-11)18-7-4-3-5-8-18/h3-10,16H2,1-2H3. The van der Waals surface area contributed by atoms with E-state index in [2.05, 4.69) is 23.7 Å². The zero-order valence-corrected chi connectivity index (χ0v) is 13.7. The summed E-state index contributed by atoms with van der Waals surface area (Å²) in [5.74, 6) is 0.453. The van der Waals surface area contributed by atoms with Crippen molar-refractivity contribution in [3.05, 3.63) is 4.88 Å². The first-order valence-electron chi connectivity index (χ1n) is 7.77. The number of hydrogen-bond acceptors (Lipinski definition) is 5. The van der Waals surface area contributed by atoms with Gasteiger partial charge in [0.05, 0.1) is 0 Å². The first kappa shape index (κ1) is 14.6. The van der Waals surface area contributed by atoms with E-state index < -0.39 is 0 Å². The first-order valence-corrected chi connectivity index (χ1v) is 8.58. The quantitative estimate of drug-likeness (QED) is 0.912. The molecule has 0 aromatic carbocycles. The Morgan fingerprint density at radius 1 is 1.24 bits per heavy atom. The van der Waals surface area contributed by atoms with E-state index in [0.717, 1.165) is 37.7 Å². The maximum atomic E-state index is 12.6. The summed E-state index contributed by atoms with van der Waals surface area (Å²) in [5, 5.41) is 0.911. The smallest absolute Gasteiger partial charge is 0.267 e. The van der Waals surface area contributed by atoms with Crippen molar-refractivity contribution >= 4 is 28.2 Å². The summed E-state index contributed by atoms with van der Waals surface area (Å²) in [5.41, 5.74) is 6.22. The molecule has 0 saturated carbocycles. The third-order valence-corrected chi connectivity index (χ3v) is 5.55. The van der Waals surface area contributed by atoms with E-state index in [4.69, 9.17) is 5.73 Å². The summed E-state index contributed by atoms with van der Waals surface area (Å²) >= 11 is 1.46. The number of nitrogen functional groups attached to an aromatic ring is 1. The minimum Gasteiger partial charge on any atom is -0.382 e. The average Bonchev–Trinajstić information content (AvgIpc) is 3.02. The van der Waals surface area contributed by atoms with Crippen LogP contribution in [0.4, 0.5) is 10.9 Å². The van der Waals surface area contributed by atoms with Crippen molar-refractivity contribution in [1.82, 2.24) is 9.88 Å². The Kier molecular flexibility index (Phi) is 3.82. The number of carbonyl (C=O) groups is 1. The van der Waals surface area contributed by atoms with Crippen LogP contribution in [0.1, 0.15) is 49.2 Å². The lowest BCUT2D eigenvalue weighted by Crippen LogP contribution is -2.30. The Hall–Kier alpha value is -1.30. The molecule has 2 fully saturated rings. The minimum absolute atomic E-state index is 0.0545. The van der Waals surface area contributed by atoms with Crippen LogP contribution in [0.5, 0.6) is 0 Å². The van der Waals surface area contributed by atoms with Crippen molar-refractivity contribution in [3.8, 4) is 0 Å². The Morgan fingerprint density at radius 3 is 2.57 bits per heavy atom. The number of piperidine rings is 1. The van der Waals surface area contributed by atoms with Crippen LogP contribution >= 0.6 is 11.3 Å². The second-order valence-corrected chi connectivity index (χ2v) is 7.88. The van der Waals surface area contributed by atoms with Gasteiger partial charge in [-0.2, -0.15) is 0 Å². The fourth-order valence-corrected chi connectivity index (χ4v) is 4.13. The van der Waals surface area contributed by atoms with Crippen molar-refractivity contribution in [2.75, 3.05) is 36.8 Å². The number of nitrogens with zero attached hydrogens (tertiary/aromatic N) is 3. The molecule has 116 valence electrons. The molecule has 0 bridgehead atoms. The molecule has 0 atom stereocenters. The van der Waals surface area contributed by atoms with Gasteiger partial charge in [0.15, 0.2) is 5.13 Å². The summed E-state index contributed by atoms with van der Waals surface area (Å²) in [7, 11) is 0. The van der Waals surface area contributed by atoms with Gasteiger partial charge in [0, 0.05) is 26.2 Å². The molecule has 0 aliphatic carbocycles. The first-order chi connectivity index (χ1) is 9.96. The van der Waals surface area contributed by atoms with Gasteiger partial charge >= 0.3 is 0 Å². The van der Waals surface area contributed by atoms with E-state index in [0.29, 0.717) is 10.7 Å². The highest BCUT2D eigenvalue weighted by Crippen LogP contribution is 2.34. The van der Waals surface area contributed by atoms with Gasteiger partial charge in [-0.15, -0.1) is 0 Å². The van der Waals surface area contributed by atoms with Crippen LogP contribution in [0, 0.1) is 5.41 Å². The van der Waals surface area contributed by atoms with E-state index in [9.17, 15) is 4.79 Å². The van der Waals surface area contributed by atoms with Crippen LogP contribution in [0.3, 0.4) is 0 Å². The summed E-state index contributed by atoms with van der Waals surface area (Å²) in [6.07, 6.45) is 4.73. The molecule has 5 nitrogen and oxygen atoms in total. The molecule has 6 heteroatoms. The molecule has 0 radical (unpaired) electrons. The number of thiazole rings is 1. The summed E-state index contributed by atoms with van der Waals surface area (Å²) in [6, 6.07) is 0. The molecular weight excluding hydrogens is 284 g/mol. The number of anilines is 2. The molecule has 2 saturated heterocycles. The van der Waals surface area contributed by atoms with E-state index in [1.54, 1.807) is 0 Å². The van der Waals surface area contributed by atoms with Crippen LogP contribution in [0.25, 0.3) is 0 Å². The SMILES string of the molecule is CC1(C)CCN(C(=O)c2sc(N3CCCCC3)nc2N)C1. The van der Waals surface area contributed by atoms with E-state index in [-0.39, 0.29) is 11.3 Å². The molecule has 1 aromatic rings. The van der Waals surface area contributed by atoms with Crippen molar-refractivity contribution in [2.45, 2.75) is 39.5 Å². The highest BCUT2D eigenvalue weighted by atomic mass is 32.1. The van der Waals surface area contributed by atoms with Crippen LogP contribution in [-0.4, -0.2) is 42.0 Å². The molecule has 1 amide bonds. The lowest BCUT2D eigenvalue weighted by Gasteiger charge is -2.25. The molecule has 2 aliphatic heterocycles. The summed E-state index contributed by atoms with van der Waals surface area (Å²) < 4.78 is 0. The topological polar surface area (TPSA) is 62.5 Å². The average molecular weight is 308 g/mol. The largest absolute Gasteiger partial charge is 0.382 e. The van der Waals surface area contributed by atoms with Gasteiger partial charge in [-0.1, -0.05) is 25.2 Å². The van der Waals surface area contributed by atoms with E-state index in [1.165, 1.54) is 30.6 Å². The van der Waals surface area contributed by atoms with Crippen LogP contribution in [0.15, 0.2) is 0 Å². The number of aromatic nitrogens is 1. The number of nitrogens with two attached hydrogens (primary N) is 1. The summed E-state index contributed by atoms with van der Waals surface area (Å²) in [4.78, 5) is 21.9. The molecule has 21 heavy (non-hydrogen) atoms. The Morgan fingerprint density at radius 2 is 1.95 bits per heavy atom. The maximum Gasteiger partial charge on any atom is 0.267 e. The van der Waals surface area contributed by atoms with Crippen molar-refractivity contribution in [2.24, 2.45) is 5.41 Å². The molecule has 0 unspecified atom stereocenters. The van der Waals surface area contributed by atoms with Gasteiger partial charge in [-0.25, -0.2) is 4.98 Å². The van der Waals surface area contributed by atoms with Crippen molar-refractivity contribution in [1.29, 1.82) is 0 Å². The second-order valence-electron chi connectivity index (χ2n) is 6.90. The number of rotatable bonds is 2. The molecule has 3 rings (SSSR count). The van der Waals surface area contributed by atoms with Crippen molar-refractivity contribution in [3.63, 3.8) is 0 Å². The fourth-order valence-electron chi connectivity index (χ4n) is 3.12. The van der Waals surface area contributed by atoms with Gasteiger partial charge in [-0.05, 0) is 31.1 Å². The van der Waals surface area contributed by atoms with Gasteiger partial charge in [0.25, 0.3) is 5.91 Å². The molecule has 3 heterocycles. The predicted octanol–water partition coefficient (Wildman–Crippen LogP) is 2.59. The normalized spacial score (nSPS) is 21.8. The van der Waals surface area contributed by atoms with Gasteiger partial charge in [0.1, 0.15) is 10.7 Å². The Balaban J connectivity index is 1.76. The lowest BCUT2D eigenvalue weighted by atomic mass is 9.93. The summed E-state index contributed by atoms with van der Waals surface area (Å²) in [6.45, 7) is 8.09. The Bertz CT molecular complexity index is 534. The predicted molar refractivity (Wildman–Crippen MR) is 86.9 cm³/mol. The van der Waals surface area contributed by atoms with Gasteiger partial charge in [0.2, 0.25) is 0 Å². The molecule has 1 aromatic heterocycles. The molecule has 2 aliphatic rings. The van der Waals surface area contributed by atoms with Gasteiger partial charge in [-0.3, -0.25) is 4.79 Å². The molecule has 0 spiro atoms. The number of carbonyl (C=O) groups excluding carboxylic acids is 1. The zero-order chi connectivity index (χ0) is 15.0. The fraction of sp³-hybridized carbons (Fsp3) is 0.733. The monoisotopic (exact) mass is 308 g/mol. The lowest BCUT2D eigenvalue weighted by molar-refractivity contribution is 0.0784. The van der Waals surface area contributed by atoms with E-state index >= 15 is 0 Å². The maximum absolute atomic E-state index is 12.6. The molecule has 2 N–H and O–H groups in total. The number of hydrogen-bond donors (Lipinski definition) is 1. The van der Waals surface area contributed by atoms with E-state index in [1.807, 2.05) is 4.90 Å². The highest BCUT2D eigenvalue weighted by Gasteiger charge is 2.34. The zero-order valence-electron chi connectivity index (χ0n) is 12.9. The highest BCUT2D eigenvalue weighted by molar-refractivity contribution is 7.18. The van der Waals surface area contributed by atoms with Crippen LogP contribution in [0.2, 0.25) is 0 Å². The van der Waals surface area contributed by atoms with Crippen LogP contribution in [-0.2, 0) is 0 Å². The minimum atomic E-state index is 0.0545. The number of amides is 1. The Labute approximate surface area is 130 Å².